The van der Waals surface area contributed by atoms with Gasteiger partial charge in [-0.15, -0.1) is 11.3 Å². The number of nitrogens with zero attached hydrogens (tertiary/aromatic N) is 1. The van der Waals surface area contributed by atoms with E-state index in [2.05, 4.69) is 5.32 Å². The van der Waals surface area contributed by atoms with Gasteiger partial charge in [-0.05, 0) is 39.8 Å². The predicted octanol–water partition coefficient (Wildman–Crippen LogP) is 2.42. The molecule has 1 N–H and O–H groups in total. The van der Waals surface area contributed by atoms with E-state index in [1.54, 1.807) is 38.7 Å². The maximum absolute atomic E-state index is 12.5. The number of hydrogen-bond acceptors (Lipinski definition) is 3. The molecule has 0 saturated carbocycles. The van der Waals surface area contributed by atoms with E-state index < -0.39 is 11.1 Å². The Hall–Kier alpha value is -1.07. The number of piperazine rings is 1. The van der Waals surface area contributed by atoms with Gasteiger partial charge in [-0.25, -0.2) is 0 Å². The first-order valence-electron chi connectivity index (χ1n) is 6.03. The van der Waals surface area contributed by atoms with E-state index in [4.69, 9.17) is 11.6 Å². The van der Waals surface area contributed by atoms with Crippen LogP contribution >= 0.6 is 22.9 Å². The summed E-state index contributed by atoms with van der Waals surface area (Å²) >= 11 is 7.33. The zero-order valence-electron chi connectivity index (χ0n) is 11.4. The fraction of sp³-hybridized carbons (Fsp3) is 0.538. The van der Waals surface area contributed by atoms with Crippen molar-refractivity contribution in [2.24, 2.45) is 0 Å². The number of amides is 2. The Bertz CT molecular complexity index is 537. The molecule has 2 heterocycles. The van der Waals surface area contributed by atoms with Gasteiger partial charge in [0.15, 0.2) is 0 Å². The molecule has 4 nitrogen and oxygen atoms in total. The van der Waals surface area contributed by atoms with Crippen LogP contribution in [0.3, 0.4) is 0 Å². The summed E-state index contributed by atoms with van der Waals surface area (Å²) in [6.07, 6.45) is 0. The van der Waals surface area contributed by atoms with E-state index in [-0.39, 0.29) is 11.8 Å². The van der Waals surface area contributed by atoms with E-state index in [1.165, 1.54) is 11.3 Å². The van der Waals surface area contributed by atoms with Gasteiger partial charge in [0.1, 0.15) is 11.1 Å². The highest BCUT2D eigenvalue weighted by Gasteiger charge is 2.49. The van der Waals surface area contributed by atoms with Crippen molar-refractivity contribution in [3.05, 3.63) is 21.3 Å². The third-order valence-corrected chi connectivity index (χ3v) is 4.60. The minimum atomic E-state index is -0.867. The van der Waals surface area contributed by atoms with Gasteiger partial charge in [-0.1, -0.05) is 11.6 Å². The second kappa shape index (κ2) is 4.49. The lowest BCUT2D eigenvalue weighted by Gasteiger charge is -2.47. The number of rotatable bonds is 2. The molecule has 1 aromatic heterocycles. The Kier molecular flexibility index (Phi) is 3.39. The average molecular weight is 301 g/mol. The first-order valence-corrected chi connectivity index (χ1v) is 7.23. The largest absolute Gasteiger partial charge is 0.340 e. The Labute approximate surface area is 121 Å². The Balaban J connectivity index is 2.33. The second-order valence-electron chi connectivity index (χ2n) is 5.74. The minimum absolute atomic E-state index is 0.0818. The van der Waals surface area contributed by atoms with Crippen LogP contribution in [0.1, 0.15) is 32.6 Å². The Morgan fingerprint density at radius 2 is 1.89 bits per heavy atom. The summed E-state index contributed by atoms with van der Waals surface area (Å²) in [5, 5.41) is 2.76. The first-order chi connectivity index (χ1) is 8.64. The van der Waals surface area contributed by atoms with Crippen LogP contribution in [0.5, 0.6) is 0 Å². The molecule has 0 aromatic carbocycles. The molecule has 1 saturated heterocycles. The number of carbonyl (C=O) groups is 2. The summed E-state index contributed by atoms with van der Waals surface area (Å²) in [5.74, 6) is -0.221. The van der Waals surface area contributed by atoms with Gasteiger partial charge in [0.25, 0.3) is 0 Å². The predicted molar refractivity (Wildman–Crippen MR) is 76.2 cm³/mol. The van der Waals surface area contributed by atoms with E-state index in [9.17, 15) is 9.59 Å². The highest BCUT2D eigenvalue weighted by atomic mass is 35.5. The molecule has 1 aromatic rings. The molecule has 2 amide bonds. The van der Waals surface area contributed by atoms with Gasteiger partial charge in [-0.3, -0.25) is 9.59 Å². The molecule has 0 spiro atoms. The van der Waals surface area contributed by atoms with Gasteiger partial charge in [0.05, 0.1) is 10.9 Å². The topological polar surface area (TPSA) is 49.4 Å². The Morgan fingerprint density at radius 3 is 2.42 bits per heavy atom. The number of halogens is 1. The van der Waals surface area contributed by atoms with Crippen LogP contribution in [0.2, 0.25) is 4.34 Å². The van der Waals surface area contributed by atoms with Crippen molar-refractivity contribution in [3.63, 3.8) is 0 Å². The van der Waals surface area contributed by atoms with Crippen LogP contribution in [0.25, 0.3) is 0 Å². The van der Waals surface area contributed by atoms with Gasteiger partial charge in [-0.2, -0.15) is 0 Å². The number of thiophene rings is 1. The van der Waals surface area contributed by atoms with Crippen LogP contribution in [0.15, 0.2) is 12.1 Å². The van der Waals surface area contributed by atoms with Crippen molar-refractivity contribution >= 4 is 34.8 Å². The summed E-state index contributed by atoms with van der Waals surface area (Å²) in [7, 11) is 0. The van der Waals surface area contributed by atoms with Crippen molar-refractivity contribution in [2.45, 2.75) is 45.3 Å². The summed E-state index contributed by atoms with van der Waals surface area (Å²) in [4.78, 5) is 27.2. The summed E-state index contributed by atoms with van der Waals surface area (Å²) < 4.78 is 0.681. The molecule has 0 bridgehead atoms. The van der Waals surface area contributed by atoms with Crippen LogP contribution in [-0.4, -0.2) is 27.8 Å². The monoisotopic (exact) mass is 300 g/mol. The van der Waals surface area contributed by atoms with E-state index in [0.29, 0.717) is 10.9 Å². The third-order valence-electron chi connectivity index (χ3n) is 3.38. The molecule has 0 atom stereocenters. The lowest BCUT2D eigenvalue weighted by Crippen LogP contribution is -2.71. The fourth-order valence-electron chi connectivity index (χ4n) is 2.07. The normalized spacial score (nSPS) is 21.4. The highest BCUT2D eigenvalue weighted by Crippen LogP contribution is 2.30. The highest BCUT2D eigenvalue weighted by molar-refractivity contribution is 7.16. The van der Waals surface area contributed by atoms with E-state index in [0.717, 1.165) is 4.88 Å². The van der Waals surface area contributed by atoms with Gasteiger partial charge < -0.3 is 10.2 Å². The SMILES string of the molecule is CC1(C)NC(=O)C(C)(C)N(Cc2ccc(Cl)s2)C1=O. The van der Waals surface area contributed by atoms with Crippen molar-refractivity contribution in [1.82, 2.24) is 10.2 Å². The summed E-state index contributed by atoms with van der Waals surface area (Å²) in [6.45, 7) is 7.35. The van der Waals surface area contributed by atoms with Crippen LogP contribution in [0, 0.1) is 0 Å². The van der Waals surface area contributed by atoms with Gasteiger partial charge in [0.2, 0.25) is 11.8 Å². The maximum Gasteiger partial charge on any atom is 0.248 e. The van der Waals surface area contributed by atoms with Crippen LogP contribution < -0.4 is 5.32 Å². The molecule has 1 fully saturated rings. The fourth-order valence-corrected chi connectivity index (χ4v) is 3.14. The average Bonchev–Trinajstić information content (AvgIpc) is 2.68. The molecule has 0 radical (unpaired) electrons. The maximum atomic E-state index is 12.5. The minimum Gasteiger partial charge on any atom is -0.340 e. The van der Waals surface area contributed by atoms with Crippen molar-refractivity contribution in [3.8, 4) is 0 Å². The standard InChI is InChI=1S/C13H17ClN2O2S/c1-12(2)11(18)16(13(3,4)10(17)15-12)7-8-5-6-9(14)19-8/h5-6H,7H2,1-4H3,(H,15,17). The smallest absolute Gasteiger partial charge is 0.248 e. The van der Waals surface area contributed by atoms with Gasteiger partial charge in [0, 0.05) is 4.88 Å². The molecule has 6 heteroatoms. The molecule has 0 unspecified atom stereocenters. The molecular formula is C13H17ClN2O2S. The molecule has 104 valence electrons. The van der Waals surface area contributed by atoms with E-state index in [1.807, 2.05) is 6.07 Å². The molecule has 19 heavy (non-hydrogen) atoms. The Morgan fingerprint density at radius 1 is 1.26 bits per heavy atom. The zero-order chi connectivity index (χ0) is 14.4. The lowest BCUT2D eigenvalue weighted by molar-refractivity contribution is -0.160. The molecule has 1 aliphatic heterocycles. The first kappa shape index (κ1) is 14.3. The number of nitrogens with one attached hydrogen (secondary N) is 1. The number of hydrogen-bond donors (Lipinski definition) is 1. The van der Waals surface area contributed by atoms with Crippen LogP contribution in [0.4, 0.5) is 0 Å². The quantitative estimate of drug-likeness (QED) is 0.912. The molecule has 0 aliphatic carbocycles. The number of carbonyl (C=O) groups excluding carboxylic acids is 2. The zero-order valence-corrected chi connectivity index (χ0v) is 13.0. The molecule has 2 rings (SSSR count). The van der Waals surface area contributed by atoms with Crippen molar-refractivity contribution < 1.29 is 9.59 Å². The summed E-state index contributed by atoms with van der Waals surface area (Å²) in [5.41, 5.74) is -1.73. The van der Waals surface area contributed by atoms with Crippen molar-refractivity contribution in [1.29, 1.82) is 0 Å². The second-order valence-corrected chi connectivity index (χ2v) is 7.53. The van der Waals surface area contributed by atoms with Crippen LogP contribution in [-0.2, 0) is 16.1 Å². The molecule has 1 aliphatic rings. The van der Waals surface area contributed by atoms with Gasteiger partial charge >= 0.3 is 0 Å². The molecular weight excluding hydrogens is 284 g/mol. The van der Waals surface area contributed by atoms with Crippen molar-refractivity contribution in [2.75, 3.05) is 0 Å². The summed E-state index contributed by atoms with van der Waals surface area (Å²) in [6, 6.07) is 3.68. The lowest BCUT2D eigenvalue weighted by atomic mass is 9.89. The third kappa shape index (κ3) is 2.49. The van der Waals surface area contributed by atoms with E-state index >= 15 is 0 Å².